The molecule has 0 heterocycles. The van der Waals surface area contributed by atoms with Gasteiger partial charge in [0.15, 0.2) is 0 Å². The number of rotatable bonds is 3. The molecule has 0 bridgehead atoms. The summed E-state index contributed by atoms with van der Waals surface area (Å²) in [6, 6.07) is 2.39. The Hall–Kier alpha value is -1.29. The highest BCUT2D eigenvalue weighted by Crippen LogP contribution is 2.40. The van der Waals surface area contributed by atoms with Crippen LogP contribution in [0.2, 0.25) is 0 Å². The van der Waals surface area contributed by atoms with Crippen LogP contribution in [0.1, 0.15) is 0 Å². The van der Waals surface area contributed by atoms with Crippen molar-refractivity contribution in [1.29, 1.82) is 0 Å². The van der Waals surface area contributed by atoms with Crippen molar-refractivity contribution >= 4 is 17.4 Å². The highest BCUT2D eigenvalue weighted by atomic mass is 32.2. The van der Waals surface area contributed by atoms with Crippen LogP contribution in [0.15, 0.2) is 23.1 Å². The van der Waals surface area contributed by atoms with E-state index in [2.05, 4.69) is 4.74 Å². The number of anilines is 1. The molecule has 10 heteroatoms. The standard InChI is InChI=1S/C8H6F6N2OS/c9-7(10,11)17-5-1-4(16-15)2-6(3-5)18-8(12,13)14/h1-3,16H,15H2. The van der Waals surface area contributed by atoms with E-state index in [9.17, 15) is 26.3 Å². The number of hydrogen-bond acceptors (Lipinski definition) is 4. The summed E-state index contributed by atoms with van der Waals surface area (Å²) >= 11 is -0.572. The zero-order chi connectivity index (χ0) is 14.0. The molecule has 0 aliphatic rings. The van der Waals surface area contributed by atoms with Gasteiger partial charge in [0.05, 0.1) is 5.69 Å². The van der Waals surface area contributed by atoms with Gasteiger partial charge in [-0.05, 0) is 23.9 Å². The minimum absolute atomic E-state index is 0.136. The molecule has 0 spiro atoms. The summed E-state index contributed by atoms with van der Waals surface area (Å²) < 4.78 is 75.6. The fraction of sp³-hybridized carbons (Fsp3) is 0.250. The maximum Gasteiger partial charge on any atom is 0.573 e. The summed E-state index contributed by atoms with van der Waals surface area (Å²) in [5, 5.41) is 0. The molecule has 0 unspecified atom stereocenters. The van der Waals surface area contributed by atoms with Crippen LogP contribution in [0, 0.1) is 0 Å². The third-order valence-electron chi connectivity index (χ3n) is 1.51. The number of hydrazine groups is 1. The first-order chi connectivity index (χ1) is 8.09. The number of nitrogens with one attached hydrogen (secondary N) is 1. The van der Waals surface area contributed by atoms with Gasteiger partial charge in [0.2, 0.25) is 0 Å². The number of hydrogen-bond donors (Lipinski definition) is 2. The summed E-state index contributed by atoms with van der Waals surface area (Å²) in [7, 11) is 0. The molecule has 0 saturated heterocycles. The van der Waals surface area contributed by atoms with Gasteiger partial charge in [-0.3, -0.25) is 5.84 Å². The molecule has 3 nitrogen and oxygen atoms in total. The molecule has 3 N–H and O–H groups in total. The minimum Gasteiger partial charge on any atom is -0.406 e. The summed E-state index contributed by atoms with van der Waals surface area (Å²) in [6.07, 6.45) is -4.99. The van der Waals surface area contributed by atoms with Crippen LogP contribution in [0.5, 0.6) is 5.75 Å². The summed E-state index contributed by atoms with van der Waals surface area (Å²) in [5.74, 6) is 4.15. The van der Waals surface area contributed by atoms with Gasteiger partial charge in [-0.25, -0.2) is 0 Å². The van der Waals surface area contributed by atoms with Crippen molar-refractivity contribution < 1.29 is 31.1 Å². The van der Waals surface area contributed by atoms with E-state index in [1.54, 1.807) is 0 Å². The molecule has 0 aromatic heterocycles. The van der Waals surface area contributed by atoms with Crippen molar-refractivity contribution in [1.82, 2.24) is 0 Å². The van der Waals surface area contributed by atoms with Crippen LogP contribution in [0.4, 0.5) is 32.0 Å². The van der Waals surface area contributed by atoms with E-state index in [1.165, 1.54) is 0 Å². The number of thioether (sulfide) groups is 1. The Labute approximate surface area is 101 Å². The third-order valence-corrected chi connectivity index (χ3v) is 2.22. The highest BCUT2D eigenvalue weighted by Gasteiger charge is 2.33. The molecule has 0 saturated carbocycles. The molecular formula is C8H6F6N2OS. The molecule has 0 fully saturated rings. The Morgan fingerprint density at radius 2 is 1.67 bits per heavy atom. The van der Waals surface area contributed by atoms with E-state index in [4.69, 9.17) is 5.84 Å². The number of nitrogen functional groups attached to an aromatic ring is 1. The SMILES string of the molecule is NNc1cc(OC(F)(F)F)cc(SC(F)(F)F)c1. The zero-order valence-electron chi connectivity index (χ0n) is 8.39. The molecule has 1 aromatic rings. The lowest BCUT2D eigenvalue weighted by atomic mass is 10.3. The average molecular weight is 292 g/mol. The van der Waals surface area contributed by atoms with Gasteiger partial charge in [0.25, 0.3) is 0 Å². The van der Waals surface area contributed by atoms with Crippen molar-refractivity contribution in [3.8, 4) is 5.75 Å². The van der Waals surface area contributed by atoms with Crippen molar-refractivity contribution in [2.45, 2.75) is 16.8 Å². The van der Waals surface area contributed by atoms with E-state index in [-0.39, 0.29) is 5.69 Å². The van der Waals surface area contributed by atoms with Gasteiger partial charge < -0.3 is 10.2 Å². The first-order valence-corrected chi connectivity index (χ1v) is 5.04. The Kier molecular flexibility index (Phi) is 4.22. The first kappa shape index (κ1) is 14.8. The molecule has 0 aliphatic carbocycles. The largest absolute Gasteiger partial charge is 0.573 e. The maximum absolute atomic E-state index is 12.1. The van der Waals surface area contributed by atoms with Crippen LogP contribution >= 0.6 is 11.8 Å². The molecule has 18 heavy (non-hydrogen) atoms. The Morgan fingerprint density at radius 1 is 1.06 bits per heavy atom. The lowest BCUT2D eigenvalue weighted by Gasteiger charge is -2.13. The van der Waals surface area contributed by atoms with Gasteiger partial charge in [-0.1, -0.05) is 0 Å². The van der Waals surface area contributed by atoms with Gasteiger partial charge in [0.1, 0.15) is 5.75 Å². The maximum atomic E-state index is 12.1. The number of alkyl halides is 6. The van der Waals surface area contributed by atoms with Gasteiger partial charge >= 0.3 is 11.9 Å². The Balaban J connectivity index is 3.02. The second-order valence-electron chi connectivity index (χ2n) is 2.93. The monoisotopic (exact) mass is 292 g/mol. The van der Waals surface area contributed by atoms with E-state index in [0.29, 0.717) is 6.07 Å². The van der Waals surface area contributed by atoms with Crippen molar-refractivity contribution in [3.05, 3.63) is 18.2 Å². The molecule has 1 rings (SSSR count). The van der Waals surface area contributed by atoms with Crippen molar-refractivity contribution in [2.75, 3.05) is 5.43 Å². The predicted molar refractivity (Wildman–Crippen MR) is 52.8 cm³/mol. The van der Waals surface area contributed by atoms with Crippen LogP contribution in [0.25, 0.3) is 0 Å². The van der Waals surface area contributed by atoms with E-state index in [1.807, 2.05) is 5.43 Å². The summed E-state index contributed by atoms with van der Waals surface area (Å²) in [5.41, 5.74) is -2.81. The minimum atomic E-state index is -4.99. The molecule has 0 aliphatic heterocycles. The molecule has 1 aromatic carbocycles. The van der Waals surface area contributed by atoms with E-state index < -0.39 is 34.3 Å². The predicted octanol–water partition coefficient (Wildman–Crippen LogP) is 3.48. The average Bonchev–Trinajstić information content (AvgIpc) is 2.11. The normalized spacial score (nSPS) is 12.4. The third kappa shape index (κ3) is 5.36. The molecule has 0 amide bonds. The second-order valence-corrected chi connectivity index (χ2v) is 4.07. The quantitative estimate of drug-likeness (QED) is 0.387. The molecule has 102 valence electrons. The summed E-state index contributed by atoms with van der Waals surface area (Å²) in [4.78, 5) is -0.475. The molecule has 0 radical (unpaired) electrons. The zero-order valence-corrected chi connectivity index (χ0v) is 9.21. The second kappa shape index (κ2) is 5.14. The lowest BCUT2D eigenvalue weighted by molar-refractivity contribution is -0.274. The fourth-order valence-corrected chi connectivity index (χ4v) is 1.67. The Bertz CT molecular complexity index is 385. The van der Waals surface area contributed by atoms with Crippen LogP contribution in [-0.2, 0) is 0 Å². The number of nitrogens with two attached hydrogens (primary N) is 1. The van der Waals surface area contributed by atoms with Crippen molar-refractivity contribution in [2.24, 2.45) is 5.84 Å². The topological polar surface area (TPSA) is 47.3 Å². The van der Waals surface area contributed by atoms with Crippen LogP contribution < -0.4 is 16.0 Å². The first-order valence-electron chi connectivity index (χ1n) is 4.22. The van der Waals surface area contributed by atoms with Crippen LogP contribution in [-0.4, -0.2) is 11.9 Å². The highest BCUT2D eigenvalue weighted by molar-refractivity contribution is 8.00. The summed E-state index contributed by atoms with van der Waals surface area (Å²) in [6.45, 7) is 0. The number of halogens is 6. The van der Waals surface area contributed by atoms with E-state index in [0.717, 1.165) is 12.1 Å². The van der Waals surface area contributed by atoms with Gasteiger partial charge in [0, 0.05) is 11.0 Å². The molecular weight excluding hydrogens is 286 g/mol. The smallest absolute Gasteiger partial charge is 0.406 e. The van der Waals surface area contributed by atoms with Gasteiger partial charge in [-0.2, -0.15) is 13.2 Å². The molecule has 0 atom stereocenters. The lowest BCUT2D eigenvalue weighted by Crippen LogP contribution is -2.17. The van der Waals surface area contributed by atoms with Crippen LogP contribution in [0.3, 0.4) is 0 Å². The number of ether oxygens (including phenoxy) is 1. The Morgan fingerprint density at radius 3 is 2.11 bits per heavy atom. The van der Waals surface area contributed by atoms with Gasteiger partial charge in [-0.15, -0.1) is 13.2 Å². The fourth-order valence-electron chi connectivity index (χ4n) is 1.04. The van der Waals surface area contributed by atoms with Crippen molar-refractivity contribution in [3.63, 3.8) is 0 Å². The van der Waals surface area contributed by atoms with E-state index >= 15 is 0 Å². The number of benzene rings is 1.